The zero-order valence-electron chi connectivity index (χ0n) is 29.5. The van der Waals surface area contributed by atoms with Gasteiger partial charge >= 0.3 is 0 Å². The van der Waals surface area contributed by atoms with Crippen molar-refractivity contribution in [3.8, 4) is 33.8 Å². The van der Waals surface area contributed by atoms with E-state index in [1.165, 1.54) is 27.8 Å². The molecule has 5 aromatic carbocycles. The van der Waals surface area contributed by atoms with Crippen molar-refractivity contribution >= 4 is 11.6 Å². The molecule has 8 rings (SSSR count). The molecule has 0 saturated carbocycles. The molecule has 1 fully saturated rings. The largest absolute Gasteiger partial charge is 0.457 e. The maximum Gasteiger partial charge on any atom is 0.127 e. The Balaban J connectivity index is 0.000000165. The fourth-order valence-electron chi connectivity index (χ4n) is 6.87. The number of nitrogens with zero attached hydrogens (tertiary/aromatic N) is 3. The third-order valence-corrected chi connectivity index (χ3v) is 9.87. The Hall–Kier alpha value is -5.51. The summed E-state index contributed by atoms with van der Waals surface area (Å²) in [6, 6.07) is 44.0. The van der Waals surface area contributed by atoms with Gasteiger partial charge in [0.15, 0.2) is 0 Å². The van der Waals surface area contributed by atoms with Gasteiger partial charge in [-0.25, -0.2) is 0 Å². The van der Waals surface area contributed by atoms with E-state index in [4.69, 9.17) is 22.1 Å². The molecule has 0 aliphatic carbocycles. The van der Waals surface area contributed by atoms with E-state index < -0.39 is 0 Å². The van der Waals surface area contributed by atoms with Gasteiger partial charge in [-0.05, 0) is 82.7 Å². The molecule has 0 amide bonds. The molecule has 1 aliphatic heterocycles. The Kier molecular flexibility index (Phi) is 12.1. The lowest BCUT2D eigenvalue weighted by atomic mass is 9.88. The molecular weight excluding hydrogens is 678 g/mol. The highest BCUT2D eigenvalue weighted by Gasteiger charge is 2.24. The Bertz CT molecular complexity index is 2080. The predicted molar refractivity (Wildman–Crippen MR) is 214 cm³/mol. The Labute approximate surface area is 316 Å². The molecule has 8 nitrogen and oxygen atoms in total. The number of benzene rings is 5. The van der Waals surface area contributed by atoms with Gasteiger partial charge in [-0.2, -0.15) is 10.2 Å². The molecule has 0 spiro atoms. The van der Waals surface area contributed by atoms with Crippen LogP contribution in [0, 0.1) is 0 Å². The fourth-order valence-corrected chi connectivity index (χ4v) is 6.99. The van der Waals surface area contributed by atoms with Gasteiger partial charge in [0.1, 0.15) is 11.5 Å². The normalized spacial score (nSPS) is 14.2. The SMILES string of the molecule is Clc1ccc(C(c2ccc(-c3cn[nH]c3)cc2)N2CCNCC2)cc1.NCCC(c1ccc(Oc2ccccc2)cc1)c1ccc(-c2cn[nH]c2)cc1. The van der Waals surface area contributed by atoms with Crippen LogP contribution >= 0.6 is 11.6 Å². The number of nitrogens with two attached hydrogens (primary N) is 1. The monoisotopic (exact) mass is 721 g/mol. The number of ether oxygens (including phenoxy) is 1. The van der Waals surface area contributed by atoms with Crippen LogP contribution in [-0.4, -0.2) is 58.0 Å². The molecule has 1 saturated heterocycles. The molecule has 2 aromatic heterocycles. The summed E-state index contributed by atoms with van der Waals surface area (Å²) < 4.78 is 5.90. The minimum absolute atomic E-state index is 0.248. The van der Waals surface area contributed by atoms with Crippen LogP contribution in [0.3, 0.4) is 0 Å². The van der Waals surface area contributed by atoms with Crippen molar-refractivity contribution < 1.29 is 4.74 Å². The second-order valence-electron chi connectivity index (χ2n) is 13.1. The van der Waals surface area contributed by atoms with Gasteiger partial charge < -0.3 is 15.8 Å². The average molecular weight is 722 g/mol. The summed E-state index contributed by atoms with van der Waals surface area (Å²) in [5, 5.41) is 18.0. The smallest absolute Gasteiger partial charge is 0.127 e. The number of nitrogens with one attached hydrogen (secondary N) is 3. The second-order valence-corrected chi connectivity index (χ2v) is 13.5. The van der Waals surface area contributed by atoms with Gasteiger partial charge in [0, 0.05) is 60.6 Å². The summed E-state index contributed by atoms with van der Waals surface area (Å²) in [4.78, 5) is 2.53. The minimum atomic E-state index is 0.248. The Morgan fingerprint density at radius 2 is 1.09 bits per heavy atom. The quantitative estimate of drug-likeness (QED) is 0.106. The molecule has 0 radical (unpaired) electrons. The molecule has 7 aromatic rings. The zero-order chi connectivity index (χ0) is 36.2. The minimum Gasteiger partial charge on any atom is -0.457 e. The highest BCUT2D eigenvalue weighted by Crippen LogP contribution is 2.33. The van der Waals surface area contributed by atoms with E-state index in [0.717, 1.165) is 65.8 Å². The molecule has 9 heteroatoms. The van der Waals surface area contributed by atoms with Gasteiger partial charge in [-0.3, -0.25) is 15.1 Å². The Morgan fingerprint density at radius 1 is 0.604 bits per heavy atom. The number of para-hydroxylation sites is 1. The number of rotatable bonds is 11. The number of hydrogen-bond acceptors (Lipinski definition) is 6. The standard InChI is InChI=1S/C24H23N3O.C20H21ClN4/c25-15-14-24(19-8-6-18(7-9-19)21-16-26-27-17-21)20-10-12-23(13-11-20)28-22-4-2-1-3-5-22;21-19-7-5-17(6-8-19)20(25-11-9-22-10-12-25)16-3-1-15(2-4-16)18-13-23-24-14-18/h1-13,16-17,24H,14-15,25H2,(H,26,27);1-8,13-14,20,22H,9-12H2,(H,23,24). The average Bonchev–Trinajstić information content (AvgIpc) is 3.96. The van der Waals surface area contributed by atoms with Crippen molar-refractivity contribution in [2.24, 2.45) is 5.73 Å². The molecule has 2 atom stereocenters. The summed E-state index contributed by atoms with van der Waals surface area (Å²) in [6.45, 7) is 4.76. The zero-order valence-corrected chi connectivity index (χ0v) is 30.3. The lowest BCUT2D eigenvalue weighted by Gasteiger charge is -2.35. The summed E-state index contributed by atoms with van der Waals surface area (Å²) in [5.41, 5.74) is 15.5. The highest BCUT2D eigenvalue weighted by molar-refractivity contribution is 6.30. The van der Waals surface area contributed by atoms with E-state index in [2.05, 4.69) is 103 Å². The highest BCUT2D eigenvalue weighted by atomic mass is 35.5. The second kappa shape index (κ2) is 17.8. The molecule has 1 aliphatic rings. The number of hydrogen-bond donors (Lipinski definition) is 4. The van der Waals surface area contributed by atoms with Crippen LogP contribution in [0.25, 0.3) is 22.3 Å². The van der Waals surface area contributed by atoms with Gasteiger partial charge in [-0.1, -0.05) is 103 Å². The van der Waals surface area contributed by atoms with Crippen molar-refractivity contribution in [1.82, 2.24) is 30.6 Å². The first kappa shape index (κ1) is 35.9. The summed E-state index contributed by atoms with van der Waals surface area (Å²) >= 11 is 6.09. The molecule has 0 bridgehead atoms. The van der Waals surface area contributed by atoms with Gasteiger partial charge in [-0.15, -0.1) is 0 Å². The Morgan fingerprint density at radius 3 is 1.60 bits per heavy atom. The maximum absolute atomic E-state index is 6.09. The number of halogens is 1. The van der Waals surface area contributed by atoms with Gasteiger partial charge in [0.25, 0.3) is 0 Å². The fraction of sp³-hybridized carbons (Fsp3) is 0.182. The molecule has 3 heterocycles. The number of H-pyrrole nitrogens is 2. The van der Waals surface area contributed by atoms with E-state index >= 15 is 0 Å². The third-order valence-electron chi connectivity index (χ3n) is 9.62. The number of aromatic amines is 2. The van der Waals surface area contributed by atoms with Crippen molar-refractivity contribution in [3.05, 3.63) is 179 Å². The maximum atomic E-state index is 6.09. The number of aromatic nitrogens is 4. The predicted octanol–water partition coefficient (Wildman–Crippen LogP) is 9.07. The molecule has 2 unspecified atom stereocenters. The van der Waals surface area contributed by atoms with Gasteiger partial charge in [0.05, 0.1) is 18.4 Å². The van der Waals surface area contributed by atoms with E-state index in [9.17, 15) is 0 Å². The van der Waals surface area contributed by atoms with Crippen LogP contribution in [0.2, 0.25) is 5.02 Å². The number of piperazine rings is 1. The topological polar surface area (TPSA) is 108 Å². The molecule has 268 valence electrons. The lowest BCUT2D eigenvalue weighted by Crippen LogP contribution is -2.45. The third kappa shape index (κ3) is 9.30. The first-order valence-corrected chi connectivity index (χ1v) is 18.4. The summed E-state index contributed by atoms with van der Waals surface area (Å²) in [5.74, 6) is 1.93. The van der Waals surface area contributed by atoms with E-state index in [1.54, 1.807) is 0 Å². The first-order valence-electron chi connectivity index (χ1n) is 18.1. The lowest BCUT2D eigenvalue weighted by molar-refractivity contribution is 0.198. The molecule has 53 heavy (non-hydrogen) atoms. The van der Waals surface area contributed by atoms with Crippen molar-refractivity contribution in [1.29, 1.82) is 0 Å². The van der Waals surface area contributed by atoms with Crippen molar-refractivity contribution in [2.45, 2.75) is 18.4 Å². The first-order chi connectivity index (χ1) is 26.1. The van der Waals surface area contributed by atoms with Crippen molar-refractivity contribution in [2.75, 3.05) is 32.7 Å². The van der Waals surface area contributed by atoms with Gasteiger partial charge in [0.2, 0.25) is 0 Å². The summed E-state index contributed by atoms with van der Waals surface area (Å²) in [7, 11) is 0. The van der Waals surface area contributed by atoms with E-state index in [1.807, 2.05) is 79.4 Å². The van der Waals surface area contributed by atoms with Crippen molar-refractivity contribution in [3.63, 3.8) is 0 Å². The van der Waals surface area contributed by atoms with E-state index in [0.29, 0.717) is 6.54 Å². The van der Waals surface area contributed by atoms with Crippen LogP contribution in [-0.2, 0) is 0 Å². The van der Waals surface area contributed by atoms with Crippen LogP contribution in [0.15, 0.2) is 152 Å². The van der Waals surface area contributed by atoms with Crippen LogP contribution < -0.4 is 15.8 Å². The van der Waals surface area contributed by atoms with Crippen LogP contribution in [0.5, 0.6) is 11.5 Å². The molecular formula is C44H44ClN7O. The van der Waals surface area contributed by atoms with Crippen LogP contribution in [0.4, 0.5) is 0 Å². The van der Waals surface area contributed by atoms with E-state index in [-0.39, 0.29) is 12.0 Å². The summed E-state index contributed by atoms with van der Waals surface area (Å²) in [6.07, 6.45) is 8.39. The van der Waals surface area contributed by atoms with Crippen LogP contribution in [0.1, 0.15) is 40.6 Å². The molecule has 5 N–H and O–H groups in total.